The van der Waals surface area contributed by atoms with Gasteiger partial charge in [-0.3, -0.25) is 4.79 Å². The number of hydrogen-bond acceptors (Lipinski definition) is 2. The van der Waals surface area contributed by atoms with E-state index in [9.17, 15) is 4.79 Å². The van der Waals surface area contributed by atoms with Gasteiger partial charge < -0.3 is 15.2 Å². The summed E-state index contributed by atoms with van der Waals surface area (Å²) in [6.07, 6.45) is 0. The Kier molecular flexibility index (Phi) is 5.74. The lowest BCUT2D eigenvalue weighted by Gasteiger charge is -2.27. The van der Waals surface area contributed by atoms with Crippen molar-refractivity contribution in [2.45, 2.75) is 13.8 Å². The predicted octanol–water partition coefficient (Wildman–Crippen LogP) is 3.12. The zero-order valence-electron chi connectivity index (χ0n) is 13.2. The molecule has 4 nitrogen and oxygen atoms in total. The van der Waals surface area contributed by atoms with E-state index in [2.05, 4.69) is 15.2 Å². The van der Waals surface area contributed by atoms with Gasteiger partial charge in [-0.1, -0.05) is 11.6 Å². The number of benzene rings is 1. The van der Waals surface area contributed by atoms with E-state index >= 15 is 0 Å². The molecule has 1 aliphatic heterocycles. The summed E-state index contributed by atoms with van der Waals surface area (Å²) in [4.78, 5) is 12.4. The monoisotopic (exact) mass is 353 g/mol. The number of carbonyl (C=O) groups is 1. The van der Waals surface area contributed by atoms with E-state index in [1.807, 2.05) is 44.2 Å². The highest BCUT2D eigenvalue weighted by Gasteiger charge is 2.20. The summed E-state index contributed by atoms with van der Waals surface area (Å²) in [7, 11) is 0. The van der Waals surface area contributed by atoms with Crippen molar-refractivity contribution in [2.75, 3.05) is 19.6 Å². The Morgan fingerprint density at radius 1 is 1.30 bits per heavy atom. The Balaban J connectivity index is 0.00000192. The summed E-state index contributed by atoms with van der Waals surface area (Å²) in [6.45, 7) is 6.69. The normalized spacial score (nSPS) is 14.0. The van der Waals surface area contributed by atoms with Crippen molar-refractivity contribution in [3.63, 3.8) is 0 Å². The fourth-order valence-electron chi connectivity index (χ4n) is 2.81. The van der Waals surface area contributed by atoms with Gasteiger partial charge in [-0.15, -0.1) is 12.4 Å². The van der Waals surface area contributed by atoms with Crippen LogP contribution in [0.5, 0.6) is 0 Å². The van der Waals surface area contributed by atoms with Crippen molar-refractivity contribution >= 4 is 29.9 Å². The number of amides is 1. The third-order valence-corrected chi connectivity index (χ3v) is 4.43. The summed E-state index contributed by atoms with van der Waals surface area (Å²) < 4.78 is 2.08. The summed E-state index contributed by atoms with van der Waals surface area (Å²) in [6, 6.07) is 9.59. The molecule has 0 atom stereocenters. The molecule has 1 amide bonds. The van der Waals surface area contributed by atoms with E-state index in [0.29, 0.717) is 10.9 Å². The van der Waals surface area contributed by atoms with Gasteiger partial charge in [0.1, 0.15) is 0 Å². The van der Waals surface area contributed by atoms with Crippen LogP contribution in [0.3, 0.4) is 0 Å². The van der Waals surface area contributed by atoms with E-state index in [1.54, 1.807) is 0 Å². The molecular formula is C17H21Cl2N3O. The average molecular weight is 354 g/mol. The summed E-state index contributed by atoms with van der Waals surface area (Å²) in [5, 5.41) is 6.95. The molecule has 1 aliphatic rings. The maximum Gasteiger partial charge on any atom is 0.253 e. The van der Waals surface area contributed by atoms with Gasteiger partial charge in [0.05, 0.1) is 5.56 Å². The molecule has 1 aromatic carbocycles. The van der Waals surface area contributed by atoms with Crippen LogP contribution in [0.1, 0.15) is 21.7 Å². The molecule has 2 heterocycles. The maximum absolute atomic E-state index is 12.4. The molecule has 1 saturated heterocycles. The Labute approximate surface area is 147 Å². The minimum Gasteiger partial charge on any atom is -0.352 e. The van der Waals surface area contributed by atoms with E-state index in [1.165, 1.54) is 0 Å². The van der Waals surface area contributed by atoms with Crippen molar-refractivity contribution in [1.82, 2.24) is 15.2 Å². The van der Waals surface area contributed by atoms with E-state index in [0.717, 1.165) is 42.3 Å². The van der Waals surface area contributed by atoms with Crippen LogP contribution in [0.2, 0.25) is 5.02 Å². The lowest BCUT2D eigenvalue weighted by atomic mass is 10.0. The second-order valence-corrected chi connectivity index (χ2v) is 6.27. The Morgan fingerprint density at radius 3 is 2.52 bits per heavy atom. The lowest BCUT2D eigenvalue weighted by molar-refractivity contribution is 0.0941. The van der Waals surface area contributed by atoms with Crippen LogP contribution in [0.25, 0.3) is 5.69 Å². The van der Waals surface area contributed by atoms with Crippen molar-refractivity contribution < 1.29 is 4.79 Å². The molecule has 0 spiro atoms. The van der Waals surface area contributed by atoms with Crippen LogP contribution >= 0.6 is 24.0 Å². The second kappa shape index (κ2) is 7.39. The third kappa shape index (κ3) is 3.71. The Bertz CT molecular complexity index is 691. The summed E-state index contributed by atoms with van der Waals surface area (Å²) >= 11 is 5.95. The van der Waals surface area contributed by atoms with E-state index in [-0.39, 0.29) is 18.3 Å². The maximum atomic E-state index is 12.4. The first kappa shape index (κ1) is 17.9. The highest BCUT2D eigenvalue weighted by molar-refractivity contribution is 6.30. The number of aryl methyl sites for hydroxylation is 1. The molecule has 6 heteroatoms. The van der Waals surface area contributed by atoms with Gasteiger partial charge in [-0.05, 0) is 44.2 Å². The second-order valence-electron chi connectivity index (χ2n) is 5.83. The standard InChI is InChI=1S/C17H20ClN3O.ClH/c1-11-7-16(17(22)20-10-13-8-19-9-13)12(2)21(11)15-5-3-14(18)4-6-15;/h3-7,13,19H,8-10H2,1-2H3,(H,20,22);1H. The fourth-order valence-corrected chi connectivity index (χ4v) is 2.93. The number of nitrogens with zero attached hydrogens (tertiary/aromatic N) is 1. The van der Waals surface area contributed by atoms with Crippen molar-refractivity contribution in [3.8, 4) is 5.69 Å². The number of carbonyl (C=O) groups excluding carboxylic acids is 1. The average Bonchev–Trinajstić information content (AvgIpc) is 2.74. The van der Waals surface area contributed by atoms with E-state index < -0.39 is 0 Å². The largest absolute Gasteiger partial charge is 0.352 e. The predicted molar refractivity (Wildman–Crippen MR) is 96.2 cm³/mol. The molecule has 0 radical (unpaired) electrons. The first-order valence-corrected chi connectivity index (χ1v) is 7.88. The van der Waals surface area contributed by atoms with E-state index in [4.69, 9.17) is 11.6 Å². The number of hydrogen-bond donors (Lipinski definition) is 2. The first-order valence-electron chi connectivity index (χ1n) is 7.50. The molecule has 3 rings (SSSR count). The van der Waals surface area contributed by atoms with Gasteiger partial charge >= 0.3 is 0 Å². The molecule has 124 valence electrons. The number of halogens is 2. The van der Waals surface area contributed by atoms with Gasteiger partial charge in [0.15, 0.2) is 0 Å². The van der Waals surface area contributed by atoms with Crippen molar-refractivity contribution in [2.24, 2.45) is 5.92 Å². The Hall–Kier alpha value is -1.49. The molecule has 23 heavy (non-hydrogen) atoms. The van der Waals surface area contributed by atoms with Gasteiger partial charge in [0.2, 0.25) is 0 Å². The highest BCUT2D eigenvalue weighted by Crippen LogP contribution is 2.22. The molecule has 0 bridgehead atoms. The van der Waals surface area contributed by atoms with Crippen LogP contribution in [-0.4, -0.2) is 30.1 Å². The summed E-state index contributed by atoms with van der Waals surface area (Å²) in [5.74, 6) is 0.559. The van der Waals surface area contributed by atoms with Crippen LogP contribution in [0.4, 0.5) is 0 Å². The molecule has 0 aliphatic carbocycles. The van der Waals surface area contributed by atoms with Gasteiger partial charge in [-0.25, -0.2) is 0 Å². The SMILES string of the molecule is Cc1cc(C(=O)NCC2CNC2)c(C)n1-c1ccc(Cl)cc1.Cl. The molecule has 2 aromatic rings. The third-order valence-electron chi connectivity index (χ3n) is 4.18. The van der Waals surface area contributed by atoms with Gasteiger partial charge in [-0.2, -0.15) is 0 Å². The molecule has 0 saturated carbocycles. The van der Waals surface area contributed by atoms with Crippen LogP contribution in [0.15, 0.2) is 30.3 Å². The smallest absolute Gasteiger partial charge is 0.253 e. The zero-order valence-corrected chi connectivity index (χ0v) is 14.8. The van der Waals surface area contributed by atoms with Crippen molar-refractivity contribution in [3.05, 3.63) is 52.3 Å². The minimum absolute atomic E-state index is 0. The highest BCUT2D eigenvalue weighted by atomic mass is 35.5. The molecule has 2 N–H and O–H groups in total. The number of rotatable bonds is 4. The van der Waals surface area contributed by atoms with Crippen molar-refractivity contribution in [1.29, 1.82) is 0 Å². The minimum atomic E-state index is 0. The van der Waals surface area contributed by atoms with Crippen LogP contribution in [0, 0.1) is 19.8 Å². The molecule has 0 unspecified atom stereocenters. The quantitative estimate of drug-likeness (QED) is 0.886. The first-order chi connectivity index (χ1) is 10.6. The fraction of sp³-hybridized carbons (Fsp3) is 0.353. The molecule has 1 aromatic heterocycles. The topological polar surface area (TPSA) is 46.1 Å². The zero-order chi connectivity index (χ0) is 15.7. The lowest BCUT2D eigenvalue weighted by Crippen LogP contribution is -2.48. The van der Waals surface area contributed by atoms with Crippen LogP contribution < -0.4 is 10.6 Å². The number of aromatic nitrogens is 1. The molecule has 1 fully saturated rings. The molecular weight excluding hydrogens is 333 g/mol. The van der Waals surface area contributed by atoms with Gasteiger partial charge in [0, 0.05) is 47.7 Å². The Morgan fingerprint density at radius 2 is 1.96 bits per heavy atom. The van der Waals surface area contributed by atoms with Gasteiger partial charge in [0.25, 0.3) is 5.91 Å². The van der Waals surface area contributed by atoms with Crippen LogP contribution in [-0.2, 0) is 0 Å². The number of nitrogens with one attached hydrogen (secondary N) is 2. The summed E-state index contributed by atoms with van der Waals surface area (Å²) in [5.41, 5.74) is 3.74.